The molecule has 1 N–H and O–H groups in total. The number of methoxy groups -OCH3 is 1. The van der Waals surface area contributed by atoms with Crippen molar-refractivity contribution in [1.29, 1.82) is 0 Å². The highest BCUT2D eigenvalue weighted by atomic mass is 79.9. The van der Waals surface area contributed by atoms with Gasteiger partial charge in [0.1, 0.15) is 0 Å². The predicted octanol–water partition coefficient (Wildman–Crippen LogP) is 4.57. The number of hydrogen-bond acceptors (Lipinski definition) is 5. The van der Waals surface area contributed by atoms with E-state index in [2.05, 4.69) is 36.5 Å². The Hall–Kier alpha value is -3.10. The molecular formula is C22H20BrN5O2. The molecule has 0 aliphatic rings. The smallest absolute Gasteiger partial charge is 0.278 e. The Kier molecular flexibility index (Phi) is 5.61. The van der Waals surface area contributed by atoms with Crippen LogP contribution in [0.2, 0.25) is 0 Å². The first-order valence-corrected chi connectivity index (χ1v) is 10.2. The number of anilines is 1. The molecule has 0 aliphatic heterocycles. The number of carbonyl (C=O) groups is 1. The van der Waals surface area contributed by atoms with Crippen molar-refractivity contribution in [3.8, 4) is 11.1 Å². The minimum Gasteiger partial charge on any atom is -0.378 e. The number of para-hydroxylation sites is 1. The summed E-state index contributed by atoms with van der Waals surface area (Å²) in [6.07, 6.45) is 0. The van der Waals surface area contributed by atoms with Crippen molar-refractivity contribution in [2.75, 3.05) is 12.4 Å². The number of fused-ring (bicyclic) bond motifs is 1. The van der Waals surface area contributed by atoms with E-state index in [0.717, 1.165) is 32.5 Å². The Morgan fingerprint density at radius 1 is 1.10 bits per heavy atom. The van der Waals surface area contributed by atoms with Crippen molar-refractivity contribution in [3.05, 3.63) is 75.6 Å². The fraction of sp³-hybridized carbons (Fsp3) is 0.182. The first-order valence-electron chi connectivity index (χ1n) is 9.36. The summed E-state index contributed by atoms with van der Waals surface area (Å²) in [6, 6.07) is 15.5. The van der Waals surface area contributed by atoms with Crippen LogP contribution in [0.1, 0.15) is 27.4 Å². The number of carbonyl (C=O) groups excluding carboxylic acids is 1. The number of aryl methyl sites for hydroxylation is 2. The van der Waals surface area contributed by atoms with Gasteiger partial charge in [-0.1, -0.05) is 46.3 Å². The summed E-state index contributed by atoms with van der Waals surface area (Å²) in [5.74, 6) is -0.329. The highest BCUT2D eigenvalue weighted by Gasteiger charge is 2.22. The summed E-state index contributed by atoms with van der Waals surface area (Å²) in [5.41, 5.74) is 5.63. The Morgan fingerprint density at radius 3 is 2.53 bits per heavy atom. The van der Waals surface area contributed by atoms with Crippen molar-refractivity contribution in [3.63, 3.8) is 0 Å². The number of hydrogen-bond donors (Lipinski definition) is 1. The molecule has 0 bridgehead atoms. The van der Waals surface area contributed by atoms with Gasteiger partial charge in [-0.3, -0.25) is 4.79 Å². The molecule has 8 heteroatoms. The summed E-state index contributed by atoms with van der Waals surface area (Å²) in [7, 11) is 1.62. The van der Waals surface area contributed by atoms with Crippen LogP contribution in [0.3, 0.4) is 0 Å². The Balaban J connectivity index is 1.80. The number of benzene rings is 2. The maximum Gasteiger partial charge on any atom is 0.278 e. The number of rotatable bonds is 5. The molecule has 2 aromatic carbocycles. The molecule has 0 atom stereocenters. The summed E-state index contributed by atoms with van der Waals surface area (Å²) in [5, 5.41) is 16.2. The van der Waals surface area contributed by atoms with E-state index in [1.165, 1.54) is 0 Å². The molecule has 0 saturated carbocycles. The second kappa shape index (κ2) is 8.33. The van der Waals surface area contributed by atoms with Gasteiger partial charge in [-0.15, -0.1) is 10.2 Å². The third-order valence-corrected chi connectivity index (χ3v) is 5.39. The average Bonchev–Trinajstić information content (AvgIpc) is 3.10. The number of nitrogens with zero attached hydrogens (tertiary/aromatic N) is 4. The molecule has 2 heterocycles. The number of ether oxygens (including phenoxy) is 1. The normalized spacial score (nSPS) is 11.1. The molecule has 0 unspecified atom stereocenters. The van der Waals surface area contributed by atoms with Gasteiger partial charge >= 0.3 is 0 Å². The largest absolute Gasteiger partial charge is 0.378 e. The van der Waals surface area contributed by atoms with Crippen LogP contribution >= 0.6 is 15.9 Å². The van der Waals surface area contributed by atoms with Crippen LogP contribution in [0.5, 0.6) is 0 Å². The van der Waals surface area contributed by atoms with Gasteiger partial charge in [-0.05, 0) is 43.2 Å². The molecule has 2 aromatic heterocycles. The van der Waals surface area contributed by atoms with E-state index < -0.39 is 0 Å². The first-order chi connectivity index (χ1) is 14.5. The molecule has 152 valence electrons. The predicted molar refractivity (Wildman–Crippen MR) is 119 cm³/mol. The molecule has 1 amide bonds. The van der Waals surface area contributed by atoms with Gasteiger partial charge in [0, 0.05) is 17.3 Å². The van der Waals surface area contributed by atoms with Gasteiger partial charge in [0.2, 0.25) is 0 Å². The topological polar surface area (TPSA) is 81.4 Å². The van der Waals surface area contributed by atoms with E-state index in [0.29, 0.717) is 17.9 Å². The van der Waals surface area contributed by atoms with Gasteiger partial charge in [0.05, 0.1) is 23.6 Å². The van der Waals surface area contributed by atoms with Crippen LogP contribution in [-0.4, -0.2) is 32.8 Å². The SMILES string of the molecule is COCc1nn2c(C)c(C(=O)Nc3ccccc3C)nnc2c1-c1ccc(Br)cc1. The zero-order chi connectivity index (χ0) is 21.3. The minimum absolute atomic E-state index is 0.222. The lowest BCUT2D eigenvalue weighted by Gasteiger charge is -2.09. The van der Waals surface area contributed by atoms with Crippen LogP contribution in [-0.2, 0) is 11.3 Å². The lowest BCUT2D eigenvalue weighted by atomic mass is 10.1. The first kappa shape index (κ1) is 20.2. The number of nitrogens with one attached hydrogen (secondary N) is 1. The molecule has 0 fully saturated rings. The van der Waals surface area contributed by atoms with E-state index in [1.54, 1.807) is 11.6 Å². The van der Waals surface area contributed by atoms with Crippen LogP contribution in [0.4, 0.5) is 5.69 Å². The lowest BCUT2D eigenvalue weighted by molar-refractivity contribution is 0.102. The Labute approximate surface area is 182 Å². The van der Waals surface area contributed by atoms with Crippen molar-refractivity contribution < 1.29 is 9.53 Å². The highest BCUT2D eigenvalue weighted by molar-refractivity contribution is 9.10. The van der Waals surface area contributed by atoms with Crippen LogP contribution in [0, 0.1) is 13.8 Å². The van der Waals surface area contributed by atoms with Gasteiger partial charge < -0.3 is 10.1 Å². The second-order valence-electron chi connectivity index (χ2n) is 6.90. The van der Waals surface area contributed by atoms with Crippen molar-refractivity contribution in [2.24, 2.45) is 0 Å². The van der Waals surface area contributed by atoms with Crippen LogP contribution in [0.25, 0.3) is 16.8 Å². The molecule has 0 saturated heterocycles. The maximum atomic E-state index is 12.9. The monoisotopic (exact) mass is 465 g/mol. The average molecular weight is 466 g/mol. The zero-order valence-corrected chi connectivity index (χ0v) is 18.4. The standard InChI is InChI=1S/C22H20BrN5O2/c1-13-6-4-5-7-17(13)24-22(29)20-14(2)28-21(26-25-20)19(18(27-28)12-30-3)15-8-10-16(23)11-9-15/h4-11H,12H2,1-3H3,(H,24,29). The molecule has 4 aromatic rings. The maximum absolute atomic E-state index is 12.9. The molecule has 30 heavy (non-hydrogen) atoms. The van der Waals surface area contributed by atoms with Crippen LogP contribution < -0.4 is 5.32 Å². The van der Waals surface area contributed by atoms with E-state index in [4.69, 9.17) is 4.74 Å². The number of amides is 1. The third-order valence-electron chi connectivity index (χ3n) is 4.86. The number of aromatic nitrogens is 4. The van der Waals surface area contributed by atoms with E-state index in [1.807, 2.05) is 62.4 Å². The third kappa shape index (κ3) is 3.71. The number of halogens is 1. The molecule has 4 rings (SSSR count). The molecule has 7 nitrogen and oxygen atoms in total. The lowest BCUT2D eigenvalue weighted by Crippen LogP contribution is -2.19. The quantitative estimate of drug-likeness (QED) is 0.466. The summed E-state index contributed by atoms with van der Waals surface area (Å²) in [6.45, 7) is 4.06. The second-order valence-corrected chi connectivity index (χ2v) is 7.82. The molecule has 0 aliphatic carbocycles. The molecular weight excluding hydrogens is 446 g/mol. The molecule has 0 spiro atoms. The Morgan fingerprint density at radius 2 is 1.83 bits per heavy atom. The van der Waals surface area contributed by atoms with E-state index in [9.17, 15) is 4.79 Å². The summed E-state index contributed by atoms with van der Waals surface area (Å²) in [4.78, 5) is 12.9. The summed E-state index contributed by atoms with van der Waals surface area (Å²) < 4.78 is 7.98. The van der Waals surface area contributed by atoms with E-state index in [-0.39, 0.29) is 11.6 Å². The zero-order valence-electron chi connectivity index (χ0n) is 16.8. The summed E-state index contributed by atoms with van der Waals surface area (Å²) >= 11 is 3.46. The minimum atomic E-state index is -0.329. The van der Waals surface area contributed by atoms with Gasteiger partial charge in [0.25, 0.3) is 5.91 Å². The van der Waals surface area contributed by atoms with Crippen LogP contribution in [0.15, 0.2) is 53.0 Å². The Bertz CT molecular complexity index is 1230. The van der Waals surface area contributed by atoms with Crippen molar-refractivity contribution >= 4 is 33.2 Å². The highest BCUT2D eigenvalue weighted by Crippen LogP contribution is 2.30. The van der Waals surface area contributed by atoms with Crippen molar-refractivity contribution in [2.45, 2.75) is 20.5 Å². The fourth-order valence-corrected chi connectivity index (χ4v) is 3.57. The van der Waals surface area contributed by atoms with Gasteiger partial charge in [0.15, 0.2) is 11.3 Å². The molecule has 0 radical (unpaired) electrons. The van der Waals surface area contributed by atoms with Gasteiger partial charge in [-0.25, -0.2) is 4.52 Å². The van der Waals surface area contributed by atoms with Crippen molar-refractivity contribution in [1.82, 2.24) is 19.8 Å². The van der Waals surface area contributed by atoms with E-state index >= 15 is 0 Å². The fourth-order valence-electron chi connectivity index (χ4n) is 3.30. The van der Waals surface area contributed by atoms with Gasteiger partial charge in [-0.2, -0.15) is 5.10 Å².